The van der Waals surface area contributed by atoms with Gasteiger partial charge < -0.3 is 11.1 Å². The van der Waals surface area contributed by atoms with Crippen LogP contribution in [-0.4, -0.2) is 23.5 Å². The maximum Gasteiger partial charge on any atom is 0.253 e. The van der Waals surface area contributed by atoms with E-state index in [1.807, 2.05) is 56.3 Å². The Morgan fingerprint density at radius 2 is 1.90 bits per heavy atom. The molecule has 0 fully saturated rings. The van der Waals surface area contributed by atoms with E-state index < -0.39 is 0 Å². The molecule has 0 aliphatic carbocycles. The Morgan fingerprint density at radius 1 is 1.19 bits per heavy atom. The van der Waals surface area contributed by atoms with E-state index in [-0.39, 0.29) is 11.9 Å². The molecule has 0 spiro atoms. The lowest BCUT2D eigenvalue weighted by molar-refractivity contribution is 0.0937. The maximum absolute atomic E-state index is 12.3. The van der Waals surface area contributed by atoms with E-state index in [0.29, 0.717) is 12.1 Å². The van der Waals surface area contributed by atoms with E-state index in [1.54, 1.807) is 0 Å². The minimum absolute atomic E-state index is 0.0828. The molecule has 3 N–H and O–H groups in total. The summed E-state index contributed by atoms with van der Waals surface area (Å²) in [6.45, 7) is 4.16. The zero-order valence-corrected chi connectivity index (χ0v) is 12.5. The summed E-state index contributed by atoms with van der Waals surface area (Å²) in [7, 11) is 0. The van der Waals surface area contributed by atoms with Gasteiger partial charge in [0.15, 0.2) is 0 Å². The molecule has 1 aromatic heterocycles. The van der Waals surface area contributed by atoms with Gasteiger partial charge in [0, 0.05) is 18.3 Å². The van der Waals surface area contributed by atoms with E-state index >= 15 is 0 Å². The molecule has 1 atom stereocenters. The van der Waals surface area contributed by atoms with E-state index in [0.717, 1.165) is 23.4 Å². The number of pyridine rings is 1. The van der Waals surface area contributed by atoms with Crippen molar-refractivity contribution in [2.45, 2.75) is 26.3 Å². The predicted molar refractivity (Wildman–Crippen MR) is 84.2 cm³/mol. The summed E-state index contributed by atoms with van der Waals surface area (Å²) in [6.07, 6.45) is 0.724. The van der Waals surface area contributed by atoms with Crippen LogP contribution in [-0.2, 0) is 6.42 Å². The maximum atomic E-state index is 12.3. The first-order chi connectivity index (χ1) is 10.1. The first kappa shape index (κ1) is 15.2. The number of rotatable bonds is 5. The van der Waals surface area contributed by atoms with Crippen molar-refractivity contribution in [2.24, 2.45) is 5.73 Å². The Kier molecular flexibility index (Phi) is 5.06. The van der Waals surface area contributed by atoms with Crippen LogP contribution >= 0.6 is 0 Å². The molecule has 2 aromatic rings. The van der Waals surface area contributed by atoms with E-state index in [1.165, 1.54) is 0 Å². The zero-order chi connectivity index (χ0) is 15.2. The molecule has 0 saturated heterocycles. The van der Waals surface area contributed by atoms with Crippen LogP contribution in [0.5, 0.6) is 0 Å². The van der Waals surface area contributed by atoms with Gasteiger partial charge in [0.2, 0.25) is 0 Å². The smallest absolute Gasteiger partial charge is 0.253 e. The number of carbonyl (C=O) groups excluding carboxylic acids is 1. The van der Waals surface area contributed by atoms with Crippen LogP contribution < -0.4 is 11.1 Å². The summed E-state index contributed by atoms with van der Waals surface area (Å²) in [6, 6.07) is 13.6. The number of nitrogens with one attached hydrogen (secondary N) is 1. The van der Waals surface area contributed by atoms with Crippen LogP contribution in [0.1, 0.15) is 27.3 Å². The zero-order valence-electron chi connectivity index (χ0n) is 12.5. The topological polar surface area (TPSA) is 68.0 Å². The Bertz CT molecular complexity index is 611. The van der Waals surface area contributed by atoms with E-state index in [9.17, 15) is 4.79 Å². The van der Waals surface area contributed by atoms with Gasteiger partial charge in [0.1, 0.15) is 0 Å². The number of hydrogen-bond donors (Lipinski definition) is 2. The predicted octanol–water partition coefficient (Wildman–Crippen LogP) is 2.00. The van der Waals surface area contributed by atoms with Crippen LogP contribution in [0.2, 0.25) is 0 Å². The summed E-state index contributed by atoms with van der Waals surface area (Å²) in [4.78, 5) is 16.6. The number of aromatic nitrogens is 1. The van der Waals surface area contributed by atoms with Crippen LogP contribution in [0.25, 0.3) is 0 Å². The number of amides is 1. The number of hydrogen-bond acceptors (Lipinski definition) is 3. The molecule has 21 heavy (non-hydrogen) atoms. The molecule has 1 heterocycles. The summed E-state index contributed by atoms with van der Waals surface area (Å²) in [5, 5.41) is 2.99. The first-order valence-electron chi connectivity index (χ1n) is 7.09. The van der Waals surface area contributed by atoms with E-state index in [4.69, 9.17) is 5.73 Å². The Hall–Kier alpha value is -2.20. The van der Waals surface area contributed by atoms with Crippen molar-refractivity contribution in [1.82, 2.24) is 10.3 Å². The molecule has 4 nitrogen and oxygen atoms in total. The van der Waals surface area contributed by atoms with Crippen molar-refractivity contribution in [2.75, 3.05) is 6.54 Å². The number of aryl methyl sites for hydroxylation is 2. The highest BCUT2D eigenvalue weighted by atomic mass is 16.1. The summed E-state index contributed by atoms with van der Waals surface area (Å²) < 4.78 is 0. The lowest BCUT2D eigenvalue weighted by Crippen LogP contribution is -2.42. The van der Waals surface area contributed by atoms with Gasteiger partial charge in [-0.25, -0.2) is 0 Å². The highest BCUT2D eigenvalue weighted by molar-refractivity contribution is 5.95. The van der Waals surface area contributed by atoms with Gasteiger partial charge in [0.05, 0.1) is 11.3 Å². The number of nitrogens with zero attached hydrogens (tertiary/aromatic N) is 1. The second-order valence-corrected chi connectivity index (χ2v) is 5.18. The summed E-state index contributed by atoms with van der Waals surface area (Å²) >= 11 is 0. The van der Waals surface area contributed by atoms with Gasteiger partial charge >= 0.3 is 0 Å². The molecule has 0 aliphatic heterocycles. The molecule has 1 unspecified atom stereocenters. The number of carbonyl (C=O) groups is 1. The van der Waals surface area contributed by atoms with E-state index in [2.05, 4.69) is 10.3 Å². The van der Waals surface area contributed by atoms with Gasteiger partial charge in [-0.3, -0.25) is 9.78 Å². The lowest BCUT2D eigenvalue weighted by atomic mass is 10.1. The van der Waals surface area contributed by atoms with Gasteiger partial charge in [-0.1, -0.05) is 30.3 Å². The standard InChI is InChI=1S/C17H21N3O/c1-12-8-9-16(13(2)19-12)17(21)20-15(11-18)10-14-6-4-3-5-7-14/h3-9,15H,10-11,18H2,1-2H3,(H,20,21). The van der Waals surface area contributed by atoms with Crippen LogP contribution in [0.3, 0.4) is 0 Å². The minimum atomic E-state index is -0.119. The number of benzene rings is 1. The highest BCUT2D eigenvalue weighted by Gasteiger charge is 2.15. The van der Waals surface area contributed by atoms with Crippen molar-refractivity contribution in [1.29, 1.82) is 0 Å². The molecule has 110 valence electrons. The van der Waals surface area contributed by atoms with Gasteiger partial charge in [-0.2, -0.15) is 0 Å². The average molecular weight is 283 g/mol. The minimum Gasteiger partial charge on any atom is -0.348 e. The molecular formula is C17H21N3O. The van der Waals surface area contributed by atoms with Crippen LogP contribution in [0, 0.1) is 13.8 Å². The van der Waals surface area contributed by atoms with Crippen molar-refractivity contribution < 1.29 is 4.79 Å². The third kappa shape index (κ3) is 4.13. The molecule has 0 radical (unpaired) electrons. The Morgan fingerprint density at radius 3 is 2.52 bits per heavy atom. The van der Waals surface area contributed by atoms with Crippen LogP contribution in [0.4, 0.5) is 0 Å². The SMILES string of the molecule is Cc1ccc(C(=O)NC(CN)Cc2ccccc2)c(C)n1. The molecule has 1 amide bonds. The fourth-order valence-corrected chi connectivity index (χ4v) is 2.28. The van der Waals surface area contributed by atoms with Crippen molar-refractivity contribution in [3.8, 4) is 0 Å². The van der Waals surface area contributed by atoms with Crippen molar-refractivity contribution in [3.63, 3.8) is 0 Å². The third-order valence-corrected chi connectivity index (χ3v) is 3.41. The highest BCUT2D eigenvalue weighted by Crippen LogP contribution is 2.08. The average Bonchev–Trinajstić information content (AvgIpc) is 2.47. The van der Waals surface area contributed by atoms with Gasteiger partial charge in [-0.15, -0.1) is 0 Å². The fourth-order valence-electron chi connectivity index (χ4n) is 2.28. The largest absolute Gasteiger partial charge is 0.348 e. The molecule has 2 rings (SSSR count). The normalized spacial score (nSPS) is 12.0. The second-order valence-electron chi connectivity index (χ2n) is 5.18. The summed E-state index contributed by atoms with van der Waals surface area (Å²) in [5.74, 6) is -0.119. The molecule has 0 saturated carbocycles. The molecule has 4 heteroatoms. The number of nitrogens with two attached hydrogens (primary N) is 1. The van der Waals surface area contributed by atoms with Crippen molar-refractivity contribution >= 4 is 5.91 Å². The van der Waals surface area contributed by atoms with Crippen molar-refractivity contribution in [3.05, 3.63) is 65.0 Å². The molecule has 1 aromatic carbocycles. The Labute approximate surface area is 125 Å². The molecule has 0 aliphatic rings. The second kappa shape index (κ2) is 6.99. The first-order valence-corrected chi connectivity index (χ1v) is 7.09. The van der Waals surface area contributed by atoms with Gasteiger partial charge in [0.25, 0.3) is 5.91 Å². The quantitative estimate of drug-likeness (QED) is 0.882. The third-order valence-electron chi connectivity index (χ3n) is 3.41. The van der Waals surface area contributed by atoms with Gasteiger partial charge in [-0.05, 0) is 38.0 Å². The van der Waals surface area contributed by atoms with Crippen LogP contribution in [0.15, 0.2) is 42.5 Å². The fraction of sp³-hybridized carbons (Fsp3) is 0.294. The monoisotopic (exact) mass is 283 g/mol. The lowest BCUT2D eigenvalue weighted by Gasteiger charge is -2.17. The Balaban J connectivity index is 2.06. The summed E-state index contributed by atoms with van der Waals surface area (Å²) in [5.41, 5.74) is 9.19. The molecular weight excluding hydrogens is 262 g/mol. The molecule has 0 bridgehead atoms.